The molecular weight excluding hydrogens is 211 g/mol. The summed E-state index contributed by atoms with van der Waals surface area (Å²) in [5, 5.41) is 8.66. The molecule has 1 atom stereocenters. The second kappa shape index (κ2) is 4.23. The number of rotatable bonds is 3. The monoisotopic (exact) mass is 226 g/mol. The van der Waals surface area contributed by atoms with Gasteiger partial charge in [-0.25, -0.2) is 9.37 Å². The molecule has 5 heteroatoms. The predicted octanol–water partition coefficient (Wildman–Crippen LogP) is 1.49. The van der Waals surface area contributed by atoms with Crippen molar-refractivity contribution in [3.05, 3.63) is 17.2 Å². The number of imidazole rings is 1. The molecule has 4 nitrogen and oxygen atoms in total. The molecule has 1 aliphatic heterocycles. The lowest BCUT2D eigenvalue weighted by molar-refractivity contribution is -0.136. The van der Waals surface area contributed by atoms with E-state index < -0.39 is 12.1 Å². The van der Waals surface area contributed by atoms with E-state index in [1.165, 1.54) is 0 Å². The molecule has 1 N–H and O–H groups in total. The van der Waals surface area contributed by atoms with E-state index in [9.17, 15) is 9.18 Å². The standard InChI is InChI=1S/C11H15FN2O2/c1-7-9(3-5-11(15)16)14-6-8(12)2-4-10(14)13-7/h8H,2-6H2,1H3,(H,15,16). The highest BCUT2D eigenvalue weighted by Gasteiger charge is 2.23. The zero-order valence-corrected chi connectivity index (χ0v) is 9.24. The summed E-state index contributed by atoms with van der Waals surface area (Å²) < 4.78 is 15.1. The SMILES string of the molecule is Cc1nc2n(c1CCC(=O)O)CC(F)CC2. The number of hydrogen-bond donors (Lipinski definition) is 1. The first kappa shape index (κ1) is 11.1. The summed E-state index contributed by atoms with van der Waals surface area (Å²) in [6.45, 7) is 2.18. The number of halogens is 1. The zero-order valence-electron chi connectivity index (χ0n) is 9.24. The molecule has 0 saturated heterocycles. The Hall–Kier alpha value is -1.39. The molecule has 1 aliphatic rings. The lowest BCUT2D eigenvalue weighted by Crippen LogP contribution is -2.23. The lowest BCUT2D eigenvalue weighted by Gasteiger charge is -2.19. The largest absolute Gasteiger partial charge is 0.481 e. The molecule has 0 aliphatic carbocycles. The van der Waals surface area contributed by atoms with Crippen LogP contribution in [0.3, 0.4) is 0 Å². The van der Waals surface area contributed by atoms with E-state index in [2.05, 4.69) is 4.98 Å². The Morgan fingerprint density at radius 3 is 3.12 bits per heavy atom. The van der Waals surface area contributed by atoms with Gasteiger partial charge in [-0.15, -0.1) is 0 Å². The van der Waals surface area contributed by atoms with Crippen LogP contribution >= 0.6 is 0 Å². The van der Waals surface area contributed by atoms with Crippen molar-refractivity contribution in [2.45, 2.75) is 45.3 Å². The van der Waals surface area contributed by atoms with Gasteiger partial charge in [0.25, 0.3) is 0 Å². The fraction of sp³-hybridized carbons (Fsp3) is 0.636. The Balaban J connectivity index is 2.23. The Bertz CT molecular complexity index is 414. The third kappa shape index (κ3) is 2.08. The van der Waals surface area contributed by atoms with Gasteiger partial charge in [-0.2, -0.15) is 0 Å². The molecule has 0 bridgehead atoms. The van der Waals surface area contributed by atoms with Crippen LogP contribution in [0.2, 0.25) is 0 Å². The molecule has 0 fully saturated rings. The van der Waals surface area contributed by atoms with Crippen molar-refractivity contribution in [1.82, 2.24) is 9.55 Å². The van der Waals surface area contributed by atoms with E-state index in [1.807, 2.05) is 11.5 Å². The molecular formula is C11H15FN2O2. The molecule has 1 aromatic heterocycles. The number of carbonyl (C=O) groups is 1. The summed E-state index contributed by atoms with van der Waals surface area (Å²) in [6.07, 6.45) is 0.845. The molecule has 88 valence electrons. The summed E-state index contributed by atoms with van der Waals surface area (Å²) in [5.74, 6) is 0.0642. The number of fused-ring (bicyclic) bond motifs is 1. The zero-order chi connectivity index (χ0) is 11.7. The fourth-order valence-corrected chi connectivity index (χ4v) is 2.19. The average Bonchev–Trinajstić information content (AvgIpc) is 2.51. The van der Waals surface area contributed by atoms with Gasteiger partial charge in [-0.1, -0.05) is 0 Å². The van der Waals surface area contributed by atoms with Crippen molar-refractivity contribution in [3.8, 4) is 0 Å². The lowest BCUT2D eigenvalue weighted by atomic mass is 10.1. The normalized spacial score (nSPS) is 19.5. The Morgan fingerprint density at radius 2 is 2.44 bits per heavy atom. The van der Waals surface area contributed by atoms with Crippen LogP contribution in [0.5, 0.6) is 0 Å². The molecule has 2 rings (SSSR count). The van der Waals surface area contributed by atoms with E-state index in [1.54, 1.807) is 0 Å². The molecule has 0 amide bonds. The smallest absolute Gasteiger partial charge is 0.303 e. The van der Waals surface area contributed by atoms with Gasteiger partial charge < -0.3 is 9.67 Å². The van der Waals surface area contributed by atoms with E-state index in [4.69, 9.17) is 5.11 Å². The second-order valence-electron chi connectivity index (χ2n) is 4.20. The molecule has 1 aromatic rings. The van der Waals surface area contributed by atoms with Gasteiger partial charge in [0.15, 0.2) is 0 Å². The minimum Gasteiger partial charge on any atom is -0.481 e. The predicted molar refractivity (Wildman–Crippen MR) is 56.1 cm³/mol. The highest BCUT2D eigenvalue weighted by atomic mass is 19.1. The van der Waals surface area contributed by atoms with Crippen molar-refractivity contribution >= 4 is 5.97 Å². The van der Waals surface area contributed by atoms with Gasteiger partial charge in [0.2, 0.25) is 0 Å². The Kier molecular flexibility index (Phi) is 2.94. The second-order valence-corrected chi connectivity index (χ2v) is 4.20. The fourth-order valence-electron chi connectivity index (χ4n) is 2.19. The maximum atomic E-state index is 13.3. The first-order chi connectivity index (χ1) is 7.58. The van der Waals surface area contributed by atoms with Crippen molar-refractivity contribution in [3.63, 3.8) is 0 Å². The first-order valence-corrected chi connectivity index (χ1v) is 5.48. The van der Waals surface area contributed by atoms with Gasteiger partial charge in [-0.05, 0) is 19.8 Å². The molecule has 0 aromatic carbocycles. The summed E-state index contributed by atoms with van der Waals surface area (Å²) in [6, 6.07) is 0. The number of carboxylic acid groups (broad SMARTS) is 1. The van der Waals surface area contributed by atoms with Crippen LogP contribution in [0.1, 0.15) is 30.1 Å². The van der Waals surface area contributed by atoms with Crippen LogP contribution in [-0.4, -0.2) is 26.8 Å². The number of nitrogens with zero attached hydrogens (tertiary/aromatic N) is 2. The maximum Gasteiger partial charge on any atom is 0.303 e. The van der Waals surface area contributed by atoms with Crippen molar-refractivity contribution in [2.75, 3.05) is 0 Å². The highest BCUT2D eigenvalue weighted by Crippen LogP contribution is 2.22. The molecule has 0 saturated carbocycles. The number of hydrogen-bond acceptors (Lipinski definition) is 2. The molecule has 1 unspecified atom stereocenters. The van der Waals surface area contributed by atoms with Gasteiger partial charge >= 0.3 is 5.97 Å². The van der Waals surface area contributed by atoms with E-state index in [-0.39, 0.29) is 6.42 Å². The summed E-state index contributed by atoms with van der Waals surface area (Å²) in [7, 11) is 0. The Labute approximate surface area is 93.1 Å². The van der Waals surface area contributed by atoms with E-state index >= 15 is 0 Å². The molecule has 0 spiro atoms. The van der Waals surface area contributed by atoms with Gasteiger partial charge in [0.1, 0.15) is 12.0 Å². The van der Waals surface area contributed by atoms with Gasteiger partial charge in [0, 0.05) is 12.1 Å². The van der Waals surface area contributed by atoms with Crippen molar-refractivity contribution in [2.24, 2.45) is 0 Å². The summed E-state index contributed by atoms with van der Waals surface area (Å²) in [4.78, 5) is 14.9. The number of aromatic nitrogens is 2. The maximum absolute atomic E-state index is 13.3. The summed E-state index contributed by atoms with van der Waals surface area (Å²) >= 11 is 0. The average molecular weight is 226 g/mol. The van der Waals surface area contributed by atoms with Crippen LogP contribution in [0.4, 0.5) is 4.39 Å². The van der Waals surface area contributed by atoms with Gasteiger partial charge in [0.05, 0.1) is 18.7 Å². The van der Waals surface area contributed by atoms with Crippen LogP contribution in [-0.2, 0) is 24.2 Å². The highest BCUT2D eigenvalue weighted by molar-refractivity contribution is 5.67. The van der Waals surface area contributed by atoms with Gasteiger partial charge in [-0.3, -0.25) is 4.79 Å². The summed E-state index contributed by atoms with van der Waals surface area (Å²) in [5.41, 5.74) is 1.71. The number of alkyl halides is 1. The third-order valence-corrected chi connectivity index (χ3v) is 2.99. The van der Waals surface area contributed by atoms with Crippen LogP contribution in [0.25, 0.3) is 0 Å². The van der Waals surface area contributed by atoms with Crippen LogP contribution < -0.4 is 0 Å². The molecule has 16 heavy (non-hydrogen) atoms. The molecule has 0 radical (unpaired) electrons. The topological polar surface area (TPSA) is 55.1 Å². The number of aryl methyl sites for hydroxylation is 2. The van der Waals surface area contributed by atoms with E-state index in [0.29, 0.717) is 25.8 Å². The Morgan fingerprint density at radius 1 is 1.69 bits per heavy atom. The van der Waals surface area contributed by atoms with Crippen molar-refractivity contribution < 1.29 is 14.3 Å². The van der Waals surface area contributed by atoms with Crippen molar-refractivity contribution in [1.29, 1.82) is 0 Å². The third-order valence-electron chi connectivity index (χ3n) is 2.99. The van der Waals surface area contributed by atoms with E-state index in [0.717, 1.165) is 17.2 Å². The minimum atomic E-state index is -0.831. The van der Waals surface area contributed by atoms with Crippen LogP contribution in [0, 0.1) is 6.92 Å². The van der Waals surface area contributed by atoms with Crippen LogP contribution in [0.15, 0.2) is 0 Å². The first-order valence-electron chi connectivity index (χ1n) is 5.48. The number of aliphatic carboxylic acids is 1. The number of carboxylic acids is 1. The quantitative estimate of drug-likeness (QED) is 0.849. The minimum absolute atomic E-state index is 0.0723. The molecule has 2 heterocycles.